The summed E-state index contributed by atoms with van der Waals surface area (Å²) in [4.78, 5) is 15.4. The van der Waals surface area contributed by atoms with Gasteiger partial charge in [-0.2, -0.15) is 13.2 Å². The van der Waals surface area contributed by atoms with E-state index >= 15 is 0 Å². The summed E-state index contributed by atoms with van der Waals surface area (Å²) in [6.45, 7) is 2.76. The van der Waals surface area contributed by atoms with Gasteiger partial charge in [0.05, 0.1) is 16.6 Å². The number of hydrogen-bond donors (Lipinski definition) is 0. The Balaban J connectivity index is 2.06. The molecule has 0 aliphatic carbocycles. The molecule has 0 saturated heterocycles. The van der Waals surface area contributed by atoms with Crippen LogP contribution in [-0.2, 0) is 19.6 Å². The SMILES string of the molecule is Cc1cccc2c(-c3c(C(F)(F)F)c4cc(CCCN(C)C)ccc4n(C)c3=O)cccc12. The molecule has 0 atom stereocenters. The van der Waals surface area contributed by atoms with E-state index in [0.717, 1.165) is 29.5 Å². The molecule has 0 N–H and O–H groups in total. The topological polar surface area (TPSA) is 25.2 Å². The molecule has 33 heavy (non-hydrogen) atoms. The highest BCUT2D eigenvalue weighted by Gasteiger charge is 2.38. The Hall–Kier alpha value is -3.12. The number of pyridine rings is 1. The molecule has 172 valence electrons. The van der Waals surface area contributed by atoms with E-state index in [0.29, 0.717) is 17.4 Å². The summed E-state index contributed by atoms with van der Waals surface area (Å²) < 4.78 is 45.1. The predicted octanol–water partition coefficient (Wildman–Crippen LogP) is 6.18. The van der Waals surface area contributed by atoms with Crippen molar-refractivity contribution in [2.24, 2.45) is 7.05 Å². The van der Waals surface area contributed by atoms with E-state index in [1.54, 1.807) is 30.3 Å². The lowest BCUT2D eigenvalue weighted by Crippen LogP contribution is -2.25. The molecule has 0 unspecified atom stereocenters. The Morgan fingerprint density at radius 2 is 1.64 bits per heavy atom. The van der Waals surface area contributed by atoms with E-state index in [2.05, 4.69) is 0 Å². The van der Waals surface area contributed by atoms with Crippen LogP contribution in [0.1, 0.15) is 23.1 Å². The Bertz CT molecular complexity index is 1400. The second kappa shape index (κ2) is 8.67. The van der Waals surface area contributed by atoms with Crippen molar-refractivity contribution in [3.63, 3.8) is 0 Å². The number of halogens is 3. The molecule has 0 spiro atoms. The van der Waals surface area contributed by atoms with Crippen LogP contribution in [0.3, 0.4) is 0 Å². The van der Waals surface area contributed by atoms with E-state index in [9.17, 15) is 18.0 Å². The van der Waals surface area contributed by atoms with Gasteiger partial charge in [0.1, 0.15) is 0 Å². The smallest absolute Gasteiger partial charge is 0.311 e. The highest BCUT2D eigenvalue weighted by molar-refractivity contribution is 6.01. The second-order valence-corrected chi connectivity index (χ2v) is 8.85. The van der Waals surface area contributed by atoms with Crippen LogP contribution in [0, 0.1) is 6.92 Å². The largest absolute Gasteiger partial charge is 0.417 e. The normalized spacial score (nSPS) is 12.2. The molecule has 6 heteroatoms. The summed E-state index contributed by atoms with van der Waals surface area (Å²) in [5, 5.41) is 1.54. The van der Waals surface area contributed by atoms with Crippen LogP contribution in [0.5, 0.6) is 0 Å². The number of benzene rings is 3. The molecule has 0 fully saturated rings. The number of aromatic nitrogens is 1. The van der Waals surface area contributed by atoms with Gasteiger partial charge in [-0.1, -0.05) is 42.5 Å². The van der Waals surface area contributed by atoms with Gasteiger partial charge >= 0.3 is 6.18 Å². The van der Waals surface area contributed by atoms with Gasteiger partial charge in [-0.05, 0) is 80.0 Å². The molecule has 0 saturated carbocycles. The van der Waals surface area contributed by atoms with Gasteiger partial charge in [0.25, 0.3) is 5.56 Å². The van der Waals surface area contributed by atoms with Crippen molar-refractivity contribution in [2.45, 2.75) is 25.9 Å². The van der Waals surface area contributed by atoms with Crippen molar-refractivity contribution in [2.75, 3.05) is 20.6 Å². The van der Waals surface area contributed by atoms with Crippen LogP contribution in [0.15, 0.2) is 59.4 Å². The Morgan fingerprint density at radius 1 is 0.939 bits per heavy atom. The summed E-state index contributed by atoms with van der Waals surface area (Å²) in [6, 6.07) is 15.7. The fraction of sp³-hybridized carbons (Fsp3) is 0.296. The summed E-state index contributed by atoms with van der Waals surface area (Å²) in [5.41, 5.74) is 0.567. The lowest BCUT2D eigenvalue weighted by Gasteiger charge is -2.20. The number of rotatable bonds is 5. The molecular formula is C27H27F3N2O. The number of aryl methyl sites for hydroxylation is 3. The van der Waals surface area contributed by atoms with Crippen LogP contribution in [0.2, 0.25) is 0 Å². The number of nitrogens with zero attached hydrogens (tertiary/aromatic N) is 2. The summed E-state index contributed by atoms with van der Waals surface area (Å²) >= 11 is 0. The third-order valence-corrected chi connectivity index (χ3v) is 6.22. The van der Waals surface area contributed by atoms with Crippen LogP contribution < -0.4 is 5.56 Å². The first-order valence-electron chi connectivity index (χ1n) is 11.0. The van der Waals surface area contributed by atoms with Gasteiger partial charge < -0.3 is 9.47 Å². The molecule has 0 amide bonds. The highest BCUT2D eigenvalue weighted by atomic mass is 19.4. The second-order valence-electron chi connectivity index (χ2n) is 8.85. The van der Waals surface area contributed by atoms with E-state index < -0.39 is 17.3 Å². The molecule has 3 nitrogen and oxygen atoms in total. The average Bonchev–Trinajstić information content (AvgIpc) is 2.75. The molecule has 4 aromatic rings. The zero-order valence-electron chi connectivity index (χ0n) is 19.3. The van der Waals surface area contributed by atoms with Gasteiger partial charge in [0.15, 0.2) is 0 Å². The van der Waals surface area contributed by atoms with Crippen LogP contribution >= 0.6 is 0 Å². The lowest BCUT2D eigenvalue weighted by atomic mass is 9.91. The minimum Gasteiger partial charge on any atom is -0.311 e. The third kappa shape index (κ3) is 4.27. The Morgan fingerprint density at radius 3 is 2.33 bits per heavy atom. The van der Waals surface area contributed by atoms with Gasteiger partial charge in [0, 0.05) is 12.4 Å². The molecular weight excluding hydrogens is 425 g/mol. The van der Waals surface area contributed by atoms with E-state index in [4.69, 9.17) is 0 Å². The van der Waals surface area contributed by atoms with E-state index in [1.165, 1.54) is 11.6 Å². The maximum absolute atomic E-state index is 14.6. The molecule has 4 rings (SSSR count). The monoisotopic (exact) mass is 452 g/mol. The lowest BCUT2D eigenvalue weighted by molar-refractivity contribution is -0.135. The molecule has 0 bridgehead atoms. The van der Waals surface area contributed by atoms with Gasteiger partial charge in [-0.25, -0.2) is 0 Å². The van der Waals surface area contributed by atoms with Gasteiger partial charge in [0.2, 0.25) is 0 Å². The molecule has 0 radical (unpaired) electrons. The quantitative estimate of drug-likeness (QED) is 0.361. The van der Waals surface area contributed by atoms with E-state index in [1.807, 2.05) is 50.2 Å². The first-order valence-corrected chi connectivity index (χ1v) is 11.0. The zero-order valence-corrected chi connectivity index (χ0v) is 19.3. The van der Waals surface area contributed by atoms with Crippen molar-refractivity contribution in [3.8, 4) is 11.1 Å². The number of fused-ring (bicyclic) bond motifs is 2. The van der Waals surface area contributed by atoms with E-state index in [-0.39, 0.29) is 16.5 Å². The van der Waals surface area contributed by atoms with Crippen LogP contribution in [-0.4, -0.2) is 30.1 Å². The average molecular weight is 453 g/mol. The first kappa shape index (κ1) is 23.1. The van der Waals surface area contributed by atoms with Crippen molar-refractivity contribution >= 4 is 21.7 Å². The Labute approximate surface area is 191 Å². The summed E-state index contributed by atoms with van der Waals surface area (Å²) in [6.07, 6.45) is -3.19. The Kier molecular flexibility index (Phi) is 6.06. The van der Waals surface area contributed by atoms with Crippen LogP contribution in [0.25, 0.3) is 32.8 Å². The predicted molar refractivity (Wildman–Crippen MR) is 129 cm³/mol. The third-order valence-electron chi connectivity index (χ3n) is 6.22. The fourth-order valence-electron chi connectivity index (χ4n) is 4.58. The van der Waals surface area contributed by atoms with Crippen molar-refractivity contribution in [3.05, 3.63) is 81.6 Å². The zero-order chi connectivity index (χ0) is 23.9. The maximum atomic E-state index is 14.6. The number of alkyl halides is 3. The summed E-state index contributed by atoms with van der Waals surface area (Å²) in [7, 11) is 5.47. The molecule has 1 aromatic heterocycles. The highest BCUT2D eigenvalue weighted by Crippen LogP contribution is 2.42. The van der Waals surface area contributed by atoms with Crippen LogP contribution in [0.4, 0.5) is 13.2 Å². The molecule has 0 aliphatic heterocycles. The van der Waals surface area contributed by atoms with Crippen molar-refractivity contribution < 1.29 is 13.2 Å². The molecule has 1 heterocycles. The fourth-order valence-corrected chi connectivity index (χ4v) is 4.58. The summed E-state index contributed by atoms with van der Waals surface area (Å²) in [5.74, 6) is 0. The molecule has 3 aromatic carbocycles. The minimum absolute atomic E-state index is 0.0617. The van der Waals surface area contributed by atoms with Gasteiger partial charge in [-0.3, -0.25) is 4.79 Å². The minimum atomic E-state index is -4.69. The van der Waals surface area contributed by atoms with Crippen molar-refractivity contribution in [1.29, 1.82) is 0 Å². The standard InChI is InChI=1S/C27H27F3N2O/c1-17-8-5-11-20-19(17)10-6-12-21(20)24-25(27(28,29)30)22-16-18(9-7-15-31(2)3)13-14-23(22)32(4)26(24)33/h5-6,8,10-14,16H,7,9,15H2,1-4H3. The molecule has 0 aliphatic rings. The van der Waals surface area contributed by atoms with Crippen molar-refractivity contribution in [1.82, 2.24) is 9.47 Å². The number of hydrogen-bond acceptors (Lipinski definition) is 2. The van der Waals surface area contributed by atoms with Gasteiger partial charge in [-0.15, -0.1) is 0 Å². The first-order chi connectivity index (χ1) is 15.6. The maximum Gasteiger partial charge on any atom is 0.417 e.